The van der Waals surface area contributed by atoms with Gasteiger partial charge in [-0.1, -0.05) is 37.1 Å². The van der Waals surface area contributed by atoms with Crippen molar-refractivity contribution < 1.29 is 17.9 Å². The number of carbonyl (C=O) groups excluding carboxylic acids is 1. The third-order valence-corrected chi connectivity index (χ3v) is 7.05. The molecule has 3 aromatic rings. The molecule has 166 valence electrons. The molecule has 0 amide bonds. The molecule has 3 rings (SSSR count). The van der Waals surface area contributed by atoms with Gasteiger partial charge < -0.3 is 9.30 Å². The maximum atomic E-state index is 12.2. The number of aromatic nitrogens is 2. The molecule has 1 heterocycles. The SMILES string of the molecule is CCCCn1c(COC(=O)CCSc2ccccc2Cl)nc2cc(S(N)(=O)=O)ccc21. The van der Waals surface area contributed by atoms with E-state index < -0.39 is 10.0 Å². The first-order valence-electron chi connectivity index (χ1n) is 9.84. The van der Waals surface area contributed by atoms with Gasteiger partial charge in [-0.25, -0.2) is 18.5 Å². The molecule has 0 atom stereocenters. The van der Waals surface area contributed by atoms with Crippen molar-refractivity contribution in [2.24, 2.45) is 5.14 Å². The summed E-state index contributed by atoms with van der Waals surface area (Å²) in [6, 6.07) is 12.1. The Labute approximate surface area is 191 Å². The monoisotopic (exact) mass is 481 g/mol. The van der Waals surface area contributed by atoms with Gasteiger partial charge in [0.25, 0.3) is 0 Å². The highest BCUT2D eigenvalue weighted by Gasteiger charge is 2.16. The van der Waals surface area contributed by atoms with Crippen molar-refractivity contribution in [2.75, 3.05) is 5.75 Å². The van der Waals surface area contributed by atoms with Gasteiger partial charge in [-0.2, -0.15) is 0 Å². The third-order valence-electron chi connectivity index (χ3n) is 4.63. The van der Waals surface area contributed by atoms with E-state index in [1.807, 2.05) is 28.8 Å². The summed E-state index contributed by atoms with van der Waals surface area (Å²) in [4.78, 5) is 17.6. The van der Waals surface area contributed by atoms with Gasteiger partial charge in [-0.15, -0.1) is 11.8 Å². The minimum atomic E-state index is -3.82. The Kier molecular flexibility index (Phi) is 7.99. The molecule has 0 fully saturated rings. The highest BCUT2D eigenvalue weighted by atomic mass is 35.5. The van der Waals surface area contributed by atoms with Crippen LogP contribution in [0.2, 0.25) is 5.02 Å². The van der Waals surface area contributed by atoms with E-state index in [0.717, 1.165) is 23.3 Å². The molecule has 2 N–H and O–H groups in total. The van der Waals surface area contributed by atoms with Gasteiger partial charge in [-0.05, 0) is 36.8 Å². The number of esters is 1. The fraction of sp³-hybridized carbons (Fsp3) is 0.333. The Morgan fingerprint density at radius 1 is 1.26 bits per heavy atom. The summed E-state index contributed by atoms with van der Waals surface area (Å²) in [5, 5.41) is 5.88. The lowest BCUT2D eigenvalue weighted by atomic mass is 10.3. The van der Waals surface area contributed by atoms with Crippen LogP contribution in [0, 0.1) is 0 Å². The Morgan fingerprint density at radius 3 is 2.74 bits per heavy atom. The number of benzene rings is 2. The van der Waals surface area contributed by atoms with Crippen molar-refractivity contribution in [3.8, 4) is 0 Å². The van der Waals surface area contributed by atoms with Crippen LogP contribution in [-0.2, 0) is 32.7 Å². The van der Waals surface area contributed by atoms with Crippen LogP contribution in [0.1, 0.15) is 32.0 Å². The van der Waals surface area contributed by atoms with Crippen LogP contribution in [0.25, 0.3) is 11.0 Å². The molecule has 31 heavy (non-hydrogen) atoms. The summed E-state index contributed by atoms with van der Waals surface area (Å²) < 4.78 is 30.7. The Hall–Kier alpha value is -2.07. The zero-order valence-electron chi connectivity index (χ0n) is 17.1. The Balaban J connectivity index is 1.67. The highest BCUT2D eigenvalue weighted by Crippen LogP contribution is 2.27. The lowest BCUT2D eigenvalue weighted by molar-refractivity contribution is -0.144. The van der Waals surface area contributed by atoms with Crippen molar-refractivity contribution in [3.05, 3.63) is 53.3 Å². The molecule has 2 aromatic carbocycles. The van der Waals surface area contributed by atoms with Crippen LogP contribution in [0.15, 0.2) is 52.3 Å². The van der Waals surface area contributed by atoms with E-state index in [1.165, 1.54) is 23.9 Å². The third kappa shape index (κ3) is 6.22. The zero-order valence-corrected chi connectivity index (χ0v) is 19.5. The van der Waals surface area contributed by atoms with E-state index in [0.29, 0.717) is 28.7 Å². The molecule has 0 aliphatic rings. The van der Waals surface area contributed by atoms with E-state index in [2.05, 4.69) is 11.9 Å². The second kappa shape index (κ2) is 10.5. The molecule has 0 radical (unpaired) electrons. The van der Waals surface area contributed by atoms with Gasteiger partial charge in [0, 0.05) is 17.2 Å². The number of hydrogen-bond acceptors (Lipinski definition) is 6. The summed E-state index contributed by atoms with van der Waals surface area (Å²) in [5.74, 6) is 0.785. The van der Waals surface area contributed by atoms with Crippen LogP contribution in [0.5, 0.6) is 0 Å². The number of hydrogen-bond donors (Lipinski definition) is 1. The molecule has 0 saturated carbocycles. The number of thioether (sulfide) groups is 1. The predicted octanol–water partition coefficient (Wildman–Crippen LogP) is 4.36. The maximum Gasteiger partial charge on any atom is 0.307 e. The average Bonchev–Trinajstić information content (AvgIpc) is 3.08. The number of nitrogens with zero attached hydrogens (tertiary/aromatic N) is 2. The van der Waals surface area contributed by atoms with Gasteiger partial charge in [-0.3, -0.25) is 4.79 Å². The lowest BCUT2D eigenvalue weighted by Gasteiger charge is -2.09. The summed E-state index contributed by atoms with van der Waals surface area (Å²) in [7, 11) is -3.82. The molecule has 0 saturated heterocycles. The fourth-order valence-electron chi connectivity index (χ4n) is 3.04. The molecule has 0 aliphatic carbocycles. The number of fused-ring (bicyclic) bond motifs is 1. The number of aryl methyl sites for hydroxylation is 1. The van der Waals surface area contributed by atoms with Gasteiger partial charge in [0.2, 0.25) is 10.0 Å². The quantitative estimate of drug-likeness (QED) is 0.340. The molecule has 1 aromatic heterocycles. The molecule has 7 nitrogen and oxygen atoms in total. The average molecular weight is 482 g/mol. The number of sulfonamides is 1. The van der Waals surface area contributed by atoms with Crippen molar-refractivity contribution in [1.82, 2.24) is 9.55 Å². The highest BCUT2D eigenvalue weighted by molar-refractivity contribution is 7.99. The minimum Gasteiger partial charge on any atom is -0.457 e. The summed E-state index contributed by atoms with van der Waals surface area (Å²) in [6.45, 7) is 2.78. The standard InChI is InChI=1S/C21H24ClN3O4S2/c1-2-3-11-25-18-9-8-15(31(23,27)28)13-17(18)24-20(25)14-29-21(26)10-12-30-19-7-5-4-6-16(19)22/h4-9,13H,2-3,10-12,14H2,1H3,(H2,23,27,28). The van der Waals surface area contributed by atoms with Gasteiger partial charge in [0.15, 0.2) is 0 Å². The van der Waals surface area contributed by atoms with Gasteiger partial charge >= 0.3 is 5.97 Å². The zero-order chi connectivity index (χ0) is 22.4. The Bertz CT molecular complexity index is 1180. The number of imidazole rings is 1. The fourth-order valence-corrected chi connectivity index (χ4v) is 4.74. The topological polar surface area (TPSA) is 104 Å². The molecule has 0 spiro atoms. The van der Waals surface area contributed by atoms with E-state index >= 15 is 0 Å². The smallest absolute Gasteiger partial charge is 0.307 e. The Morgan fingerprint density at radius 2 is 2.03 bits per heavy atom. The van der Waals surface area contributed by atoms with Crippen LogP contribution in [0.4, 0.5) is 0 Å². The number of ether oxygens (including phenoxy) is 1. The first kappa shape index (κ1) is 23.6. The van der Waals surface area contributed by atoms with Crippen molar-refractivity contribution in [2.45, 2.75) is 49.1 Å². The maximum absolute atomic E-state index is 12.2. The minimum absolute atomic E-state index is 0.000263. The normalized spacial score (nSPS) is 11.7. The summed E-state index contributed by atoms with van der Waals surface area (Å²) >= 11 is 7.62. The molecular formula is C21H24ClN3O4S2. The van der Waals surface area contributed by atoms with Crippen LogP contribution in [-0.4, -0.2) is 29.7 Å². The molecule has 0 aliphatic heterocycles. The molecular weight excluding hydrogens is 458 g/mol. The van der Waals surface area contributed by atoms with E-state index in [9.17, 15) is 13.2 Å². The summed E-state index contributed by atoms with van der Waals surface area (Å²) in [5.41, 5.74) is 1.28. The molecule has 0 unspecified atom stereocenters. The van der Waals surface area contributed by atoms with Crippen molar-refractivity contribution >= 4 is 50.4 Å². The lowest BCUT2D eigenvalue weighted by Crippen LogP contribution is -2.12. The van der Waals surface area contributed by atoms with Crippen LogP contribution < -0.4 is 5.14 Å². The van der Waals surface area contributed by atoms with E-state index in [1.54, 1.807) is 6.07 Å². The molecule has 0 bridgehead atoms. The van der Waals surface area contributed by atoms with Crippen LogP contribution in [0.3, 0.4) is 0 Å². The molecule has 10 heteroatoms. The van der Waals surface area contributed by atoms with Crippen molar-refractivity contribution in [1.29, 1.82) is 0 Å². The van der Waals surface area contributed by atoms with Crippen LogP contribution >= 0.6 is 23.4 Å². The van der Waals surface area contributed by atoms with E-state index in [-0.39, 0.29) is 23.9 Å². The second-order valence-electron chi connectivity index (χ2n) is 6.92. The first-order chi connectivity index (χ1) is 14.8. The number of unbranched alkanes of at least 4 members (excludes halogenated alkanes) is 1. The van der Waals surface area contributed by atoms with Crippen molar-refractivity contribution in [3.63, 3.8) is 0 Å². The number of rotatable bonds is 10. The first-order valence-corrected chi connectivity index (χ1v) is 12.8. The predicted molar refractivity (Wildman–Crippen MR) is 123 cm³/mol. The number of nitrogens with two attached hydrogens (primary N) is 1. The second-order valence-corrected chi connectivity index (χ2v) is 10.0. The largest absolute Gasteiger partial charge is 0.457 e. The summed E-state index contributed by atoms with van der Waals surface area (Å²) in [6.07, 6.45) is 2.13. The van der Waals surface area contributed by atoms with Gasteiger partial charge in [0.05, 0.1) is 27.4 Å². The number of carbonyl (C=O) groups is 1. The van der Waals surface area contributed by atoms with E-state index in [4.69, 9.17) is 21.5 Å². The number of halogens is 1. The van der Waals surface area contributed by atoms with Gasteiger partial charge in [0.1, 0.15) is 12.4 Å². The number of primary sulfonamides is 1.